The van der Waals surface area contributed by atoms with Gasteiger partial charge in [-0.05, 0) is 24.1 Å². The van der Waals surface area contributed by atoms with Crippen molar-refractivity contribution in [3.8, 4) is 0 Å². The summed E-state index contributed by atoms with van der Waals surface area (Å²) in [5, 5.41) is 0. The van der Waals surface area contributed by atoms with Gasteiger partial charge in [0.2, 0.25) is 5.91 Å². The van der Waals surface area contributed by atoms with Crippen molar-refractivity contribution in [1.29, 1.82) is 0 Å². The highest BCUT2D eigenvalue weighted by Crippen LogP contribution is 2.29. The van der Waals surface area contributed by atoms with Crippen molar-refractivity contribution in [3.63, 3.8) is 0 Å². The number of carbonyl (C=O) groups excluding carboxylic acids is 4. The molecule has 1 saturated heterocycles. The van der Waals surface area contributed by atoms with E-state index < -0.39 is 23.8 Å². The largest absolute Gasteiger partial charge is 0.276 e. The molecule has 0 aliphatic carbocycles. The summed E-state index contributed by atoms with van der Waals surface area (Å²) in [6.45, 7) is 4.14. The van der Waals surface area contributed by atoms with Gasteiger partial charge in [-0.2, -0.15) is 0 Å². The molecule has 6 heteroatoms. The van der Waals surface area contributed by atoms with Crippen molar-refractivity contribution in [2.75, 3.05) is 0 Å². The second-order valence-corrected chi connectivity index (χ2v) is 6.38. The first-order valence-electron chi connectivity index (χ1n) is 9.43. The summed E-state index contributed by atoms with van der Waals surface area (Å²) in [7, 11) is 0. The first-order chi connectivity index (χ1) is 13.6. The van der Waals surface area contributed by atoms with E-state index in [2.05, 4.69) is 0 Å². The predicted molar refractivity (Wildman–Crippen MR) is 103 cm³/mol. The molecule has 1 atom stereocenters. The molecular weight excluding hydrogens is 356 g/mol. The van der Waals surface area contributed by atoms with E-state index in [1.807, 2.05) is 44.2 Å². The normalized spacial score (nSPS) is 18.7. The van der Waals surface area contributed by atoms with Crippen LogP contribution in [0.2, 0.25) is 0 Å². The van der Waals surface area contributed by atoms with Crippen molar-refractivity contribution in [3.05, 3.63) is 71.3 Å². The molecule has 2 aliphatic rings. The van der Waals surface area contributed by atoms with Crippen LogP contribution in [0, 0.1) is 0 Å². The lowest BCUT2D eigenvalue weighted by Crippen LogP contribution is -2.55. The molecule has 2 aromatic carbocycles. The molecule has 0 aromatic heterocycles. The smallest absolute Gasteiger partial charge is 0.262 e. The molecule has 2 aromatic rings. The molecule has 6 nitrogen and oxygen atoms in total. The molecule has 1 fully saturated rings. The highest BCUT2D eigenvalue weighted by atomic mass is 16.2. The number of fused-ring (bicyclic) bond motifs is 1. The average molecular weight is 378 g/mol. The summed E-state index contributed by atoms with van der Waals surface area (Å²) >= 11 is 0. The first kappa shape index (κ1) is 19.5. The topological polar surface area (TPSA) is 74.8 Å². The van der Waals surface area contributed by atoms with Crippen LogP contribution in [0.1, 0.15) is 53.0 Å². The molecule has 4 rings (SSSR count). The lowest BCUT2D eigenvalue weighted by Gasteiger charge is -2.34. The second kappa shape index (κ2) is 8.17. The van der Waals surface area contributed by atoms with Gasteiger partial charge in [0.1, 0.15) is 6.04 Å². The minimum Gasteiger partial charge on any atom is -0.276 e. The van der Waals surface area contributed by atoms with E-state index in [-0.39, 0.29) is 25.3 Å². The molecule has 1 unspecified atom stereocenters. The standard InChI is InChI=1S/C20H16N2O4.C2H6/c23-17-11-10-16(20(26)21(17)12-13-6-2-1-3-7-13)22-18(24)14-8-4-5-9-15(14)19(22)25;1-2/h1-9,16H,10-12H2;1-2H3. The molecule has 2 aliphatic heterocycles. The second-order valence-electron chi connectivity index (χ2n) is 6.38. The Morgan fingerprint density at radius 1 is 0.821 bits per heavy atom. The fourth-order valence-corrected chi connectivity index (χ4v) is 3.48. The van der Waals surface area contributed by atoms with Crippen molar-refractivity contribution in [2.45, 2.75) is 39.3 Å². The number of carbonyl (C=O) groups is 4. The Morgan fingerprint density at radius 2 is 1.36 bits per heavy atom. The zero-order valence-electron chi connectivity index (χ0n) is 15.9. The Hall–Kier alpha value is -3.28. The molecule has 4 amide bonds. The summed E-state index contributed by atoms with van der Waals surface area (Å²) in [4.78, 5) is 52.6. The summed E-state index contributed by atoms with van der Waals surface area (Å²) in [5.74, 6) is -1.73. The fraction of sp³-hybridized carbons (Fsp3) is 0.273. The molecule has 0 saturated carbocycles. The number of likely N-dealkylation sites (tertiary alicyclic amines) is 1. The average Bonchev–Trinajstić information content (AvgIpc) is 2.99. The Kier molecular flexibility index (Phi) is 5.68. The van der Waals surface area contributed by atoms with Gasteiger partial charge in [-0.3, -0.25) is 29.0 Å². The maximum Gasteiger partial charge on any atom is 0.262 e. The maximum atomic E-state index is 12.9. The Morgan fingerprint density at radius 3 is 1.93 bits per heavy atom. The summed E-state index contributed by atoms with van der Waals surface area (Å²) in [5.41, 5.74) is 1.42. The molecule has 144 valence electrons. The monoisotopic (exact) mass is 378 g/mol. The van der Waals surface area contributed by atoms with E-state index in [1.165, 1.54) is 0 Å². The number of amides is 4. The van der Waals surface area contributed by atoms with Gasteiger partial charge in [0.25, 0.3) is 17.7 Å². The zero-order valence-corrected chi connectivity index (χ0v) is 15.9. The number of benzene rings is 2. The van der Waals surface area contributed by atoms with Crippen LogP contribution in [0.25, 0.3) is 0 Å². The van der Waals surface area contributed by atoms with E-state index in [0.717, 1.165) is 15.4 Å². The molecular formula is C22H22N2O4. The SMILES string of the molecule is CC.O=C1CCC(N2C(=O)c3ccccc3C2=O)C(=O)N1Cc1ccccc1. The highest BCUT2D eigenvalue weighted by molar-refractivity contribution is 6.23. The fourth-order valence-electron chi connectivity index (χ4n) is 3.48. The van der Waals surface area contributed by atoms with Crippen LogP contribution >= 0.6 is 0 Å². The molecule has 0 bridgehead atoms. The number of hydrogen-bond acceptors (Lipinski definition) is 4. The van der Waals surface area contributed by atoms with Crippen LogP contribution in [-0.2, 0) is 16.1 Å². The molecule has 0 N–H and O–H groups in total. The molecule has 2 heterocycles. The van der Waals surface area contributed by atoms with Crippen molar-refractivity contribution in [2.24, 2.45) is 0 Å². The van der Waals surface area contributed by atoms with Crippen LogP contribution in [0.15, 0.2) is 54.6 Å². The third-order valence-corrected chi connectivity index (χ3v) is 4.80. The van der Waals surface area contributed by atoms with Crippen LogP contribution in [0.5, 0.6) is 0 Å². The Bertz CT molecular complexity index is 888. The zero-order chi connectivity index (χ0) is 20.3. The first-order valence-corrected chi connectivity index (χ1v) is 9.43. The van der Waals surface area contributed by atoms with E-state index in [0.29, 0.717) is 11.1 Å². The van der Waals surface area contributed by atoms with Crippen molar-refractivity contribution < 1.29 is 19.2 Å². The van der Waals surface area contributed by atoms with Gasteiger partial charge in [0.05, 0.1) is 17.7 Å². The number of piperidine rings is 1. The highest BCUT2D eigenvalue weighted by Gasteiger charge is 2.46. The lowest BCUT2D eigenvalue weighted by molar-refractivity contribution is -0.152. The maximum absolute atomic E-state index is 12.9. The third kappa shape index (κ3) is 3.33. The van der Waals surface area contributed by atoms with Crippen molar-refractivity contribution in [1.82, 2.24) is 9.80 Å². The number of hydrogen-bond donors (Lipinski definition) is 0. The van der Waals surface area contributed by atoms with Crippen LogP contribution in [0.3, 0.4) is 0 Å². The minimum atomic E-state index is -0.941. The Labute approximate surface area is 163 Å². The lowest BCUT2D eigenvalue weighted by atomic mass is 10.0. The van der Waals surface area contributed by atoms with Gasteiger partial charge in [-0.25, -0.2) is 0 Å². The number of nitrogens with zero attached hydrogens (tertiary/aromatic N) is 2. The molecule has 0 radical (unpaired) electrons. The van der Waals surface area contributed by atoms with Gasteiger partial charge in [0, 0.05) is 6.42 Å². The number of imide groups is 2. The minimum absolute atomic E-state index is 0.122. The van der Waals surface area contributed by atoms with Gasteiger partial charge in [-0.15, -0.1) is 0 Å². The predicted octanol–water partition coefficient (Wildman–Crippen LogP) is 3.03. The van der Waals surface area contributed by atoms with Gasteiger partial charge in [-0.1, -0.05) is 56.3 Å². The quantitative estimate of drug-likeness (QED) is 0.770. The van der Waals surface area contributed by atoms with E-state index in [1.54, 1.807) is 24.3 Å². The Balaban J connectivity index is 0.00000109. The van der Waals surface area contributed by atoms with E-state index >= 15 is 0 Å². The third-order valence-electron chi connectivity index (χ3n) is 4.80. The summed E-state index contributed by atoms with van der Waals surface area (Å²) < 4.78 is 0. The van der Waals surface area contributed by atoms with Crippen LogP contribution in [-0.4, -0.2) is 39.5 Å². The van der Waals surface area contributed by atoms with Gasteiger partial charge >= 0.3 is 0 Å². The molecule has 0 spiro atoms. The number of rotatable bonds is 3. The van der Waals surface area contributed by atoms with Crippen LogP contribution < -0.4 is 0 Å². The summed E-state index contributed by atoms with van der Waals surface area (Å²) in [6.07, 6.45) is 0.283. The van der Waals surface area contributed by atoms with Gasteiger partial charge < -0.3 is 0 Å². The van der Waals surface area contributed by atoms with Crippen molar-refractivity contribution >= 4 is 23.6 Å². The van der Waals surface area contributed by atoms with Gasteiger partial charge in [0.15, 0.2) is 0 Å². The summed E-state index contributed by atoms with van der Waals surface area (Å²) in [6, 6.07) is 14.7. The van der Waals surface area contributed by atoms with E-state index in [4.69, 9.17) is 0 Å². The van der Waals surface area contributed by atoms with E-state index in [9.17, 15) is 19.2 Å². The molecule has 28 heavy (non-hydrogen) atoms. The van der Waals surface area contributed by atoms with Crippen LogP contribution in [0.4, 0.5) is 0 Å².